The summed E-state index contributed by atoms with van der Waals surface area (Å²) >= 11 is 0. The molecule has 1 N–H and O–H groups in total. The minimum atomic E-state index is -0.215. The normalized spacial score (nSPS) is 43.4. The lowest BCUT2D eigenvalue weighted by molar-refractivity contribution is 0.0775. The lowest BCUT2D eigenvalue weighted by Crippen LogP contribution is -2.33. The molecule has 0 spiro atoms. The van der Waals surface area contributed by atoms with Gasteiger partial charge in [-0.05, 0) is 32.1 Å². The van der Waals surface area contributed by atoms with Gasteiger partial charge in [-0.25, -0.2) is 4.99 Å². The number of hydrogen-bond donors (Lipinski definition) is 1. The van der Waals surface area contributed by atoms with Gasteiger partial charge in [-0.1, -0.05) is 19.3 Å². The number of fused-ring (bicyclic) bond motifs is 1. The van der Waals surface area contributed by atoms with E-state index in [4.69, 9.17) is 9.73 Å². The third-order valence-electron chi connectivity index (χ3n) is 4.28. The highest BCUT2D eigenvalue weighted by atomic mass is 16.5. The summed E-state index contributed by atoms with van der Waals surface area (Å²) in [6.07, 6.45) is 9.34. The Labute approximate surface area is 96.9 Å². The van der Waals surface area contributed by atoms with Gasteiger partial charge in [0.05, 0.1) is 18.1 Å². The second-order valence-corrected chi connectivity index (χ2v) is 5.43. The molecule has 4 atom stereocenters. The van der Waals surface area contributed by atoms with Gasteiger partial charge in [0.1, 0.15) is 6.10 Å². The zero-order valence-electron chi connectivity index (χ0n) is 9.77. The third kappa shape index (κ3) is 1.86. The number of ether oxygens (including phenoxy) is 1. The Bertz CT molecular complexity index is 290. The minimum absolute atomic E-state index is 0.194. The van der Waals surface area contributed by atoms with Crippen molar-refractivity contribution in [3.8, 4) is 0 Å². The molecule has 2 fully saturated rings. The van der Waals surface area contributed by atoms with Crippen molar-refractivity contribution in [2.24, 2.45) is 10.9 Å². The van der Waals surface area contributed by atoms with Crippen molar-refractivity contribution >= 4 is 5.90 Å². The summed E-state index contributed by atoms with van der Waals surface area (Å²) in [5.74, 6) is 1.07. The number of hydrogen-bond acceptors (Lipinski definition) is 3. The molecule has 0 amide bonds. The van der Waals surface area contributed by atoms with Crippen molar-refractivity contribution in [1.29, 1.82) is 0 Å². The van der Waals surface area contributed by atoms with Crippen LogP contribution in [0.4, 0.5) is 0 Å². The van der Waals surface area contributed by atoms with E-state index in [0.29, 0.717) is 12.1 Å². The quantitative estimate of drug-likeness (QED) is 0.741. The van der Waals surface area contributed by atoms with Crippen molar-refractivity contribution < 1.29 is 9.84 Å². The van der Waals surface area contributed by atoms with Crippen LogP contribution in [0.3, 0.4) is 0 Å². The summed E-state index contributed by atoms with van der Waals surface area (Å²) in [4.78, 5) is 4.72. The van der Waals surface area contributed by atoms with E-state index in [1.54, 1.807) is 0 Å². The van der Waals surface area contributed by atoms with Crippen LogP contribution in [-0.4, -0.2) is 29.3 Å². The molecule has 3 heteroatoms. The predicted octanol–water partition coefficient (Wildman–Crippen LogP) is 2.28. The van der Waals surface area contributed by atoms with Crippen molar-refractivity contribution in [2.75, 3.05) is 0 Å². The summed E-state index contributed by atoms with van der Waals surface area (Å²) in [5, 5.41) is 10.0. The summed E-state index contributed by atoms with van der Waals surface area (Å²) in [6, 6.07) is 0.401. The molecule has 90 valence electrons. The second-order valence-electron chi connectivity index (χ2n) is 5.43. The summed E-state index contributed by atoms with van der Waals surface area (Å²) in [6.45, 7) is 0. The van der Waals surface area contributed by atoms with Crippen LogP contribution in [0.1, 0.15) is 51.4 Å². The molecule has 4 unspecified atom stereocenters. The molecule has 2 saturated carbocycles. The van der Waals surface area contributed by atoms with E-state index in [1.807, 2.05) is 0 Å². The van der Waals surface area contributed by atoms with Gasteiger partial charge in [0.15, 0.2) is 5.90 Å². The van der Waals surface area contributed by atoms with E-state index in [0.717, 1.165) is 31.6 Å². The standard InChI is InChI=1S/C13H21NO2/c15-11-7-3-1-5-9(11)13-14-10-6-2-4-8-12(10)16-13/h9-12,15H,1-8H2. The number of aliphatic hydroxyl groups is 1. The molecule has 0 aromatic rings. The Morgan fingerprint density at radius 3 is 2.56 bits per heavy atom. The first-order valence-electron chi connectivity index (χ1n) is 6.77. The Kier molecular flexibility index (Phi) is 2.88. The Morgan fingerprint density at radius 2 is 1.75 bits per heavy atom. The zero-order valence-corrected chi connectivity index (χ0v) is 9.77. The zero-order chi connectivity index (χ0) is 11.0. The average molecular weight is 223 g/mol. The highest BCUT2D eigenvalue weighted by Gasteiger charge is 2.38. The van der Waals surface area contributed by atoms with Crippen LogP contribution < -0.4 is 0 Å². The van der Waals surface area contributed by atoms with Crippen molar-refractivity contribution in [1.82, 2.24) is 0 Å². The fraction of sp³-hybridized carbons (Fsp3) is 0.923. The largest absolute Gasteiger partial charge is 0.475 e. The molecule has 3 nitrogen and oxygen atoms in total. The lowest BCUT2D eigenvalue weighted by atomic mass is 9.86. The molecule has 0 bridgehead atoms. The van der Waals surface area contributed by atoms with Crippen LogP contribution >= 0.6 is 0 Å². The van der Waals surface area contributed by atoms with E-state index in [9.17, 15) is 5.11 Å². The molecule has 0 aromatic heterocycles. The van der Waals surface area contributed by atoms with Gasteiger partial charge in [0, 0.05) is 0 Å². The van der Waals surface area contributed by atoms with E-state index < -0.39 is 0 Å². The van der Waals surface area contributed by atoms with Crippen LogP contribution in [0.2, 0.25) is 0 Å². The number of nitrogens with zero attached hydrogens (tertiary/aromatic N) is 1. The first-order chi connectivity index (χ1) is 7.84. The molecule has 3 aliphatic rings. The molecule has 2 aliphatic carbocycles. The molecule has 16 heavy (non-hydrogen) atoms. The monoisotopic (exact) mass is 223 g/mol. The van der Waals surface area contributed by atoms with Crippen LogP contribution in [0.15, 0.2) is 4.99 Å². The molecule has 0 radical (unpaired) electrons. The first-order valence-corrected chi connectivity index (χ1v) is 6.77. The highest BCUT2D eigenvalue weighted by Crippen LogP contribution is 2.34. The second kappa shape index (κ2) is 4.36. The van der Waals surface area contributed by atoms with E-state index >= 15 is 0 Å². The summed E-state index contributed by atoms with van der Waals surface area (Å²) in [7, 11) is 0. The van der Waals surface area contributed by atoms with Crippen LogP contribution in [0.25, 0.3) is 0 Å². The Balaban J connectivity index is 1.70. The molecule has 1 heterocycles. The molecular weight excluding hydrogens is 202 g/mol. The fourth-order valence-corrected chi connectivity index (χ4v) is 3.29. The number of aliphatic hydroxyl groups excluding tert-OH is 1. The third-order valence-corrected chi connectivity index (χ3v) is 4.28. The maximum absolute atomic E-state index is 10.0. The fourth-order valence-electron chi connectivity index (χ4n) is 3.29. The maximum atomic E-state index is 10.0. The van der Waals surface area contributed by atoms with Gasteiger partial charge in [-0.2, -0.15) is 0 Å². The topological polar surface area (TPSA) is 41.8 Å². The Morgan fingerprint density at radius 1 is 1.00 bits per heavy atom. The van der Waals surface area contributed by atoms with Crippen LogP contribution in [0, 0.1) is 5.92 Å². The van der Waals surface area contributed by atoms with Gasteiger partial charge in [-0.15, -0.1) is 0 Å². The minimum Gasteiger partial charge on any atom is -0.475 e. The van der Waals surface area contributed by atoms with Crippen LogP contribution in [-0.2, 0) is 4.74 Å². The smallest absolute Gasteiger partial charge is 0.189 e. The number of aliphatic imine (C=N–C) groups is 1. The van der Waals surface area contributed by atoms with Crippen molar-refractivity contribution in [3.63, 3.8) is 0 Å². The van der Waals surface area contributed by atoms with Gasteiger partial charge < -0.3 is 9.84 Å². The van der Waals surface area contributed by atoms with Gasteiger partial charge in [-0.3, -0.25) is 0 Å². The van der Waals surface area contributed by atoms with Gasteiger partial charge in [0.2, 0.25) is 0 Å². The maximum Gasteiger partial charge on any atom is 0.189 e. The first kappa shape index (κ1) is 10.6. The van der Waals surface area contributed by atoms with Crippen molar-refractivity contribution in [3.05, 3.63) is 0 Å². The molecule has 3 rings (SSSR count). The summed E-state index contributed by atoms with van der Waals surface area (Å²) < 4.78 is 5.97. The number of rotatable bonds is 1. The predicted molar refractivity (Wildman–Crippen MR) is 62.5 cm³/mol. The highest BCUT2D eigenvalue weighted by molar-refractivity contribution is 5.81. The molecule has 0 saturated heterocycles. The lowest BCUT2D eigenvalue weighted by Gasteiger charge is -2.28. The van der Waals surface area contributed by atoms with E-state index in [2.05, 4.69) is 0 Å². The van der Waals surface area contributed by atoms with E-state index in [-0.39, 0.29) is 12.0 Å². The van der Waals surface area contributed by atoms with Crippen molar-refractivity contribution in [2.45, 2.75) is 69.6 Å². The average Bonchev–Trinajstić information content (AvgIpc) is 2.73. The van der Waals surface area contributed by atoms with Gasteiger partial charge in [0.25, 0.3) is 0 Å². The summed E-state index contributed by atoms with van der Waals surface area (Å²) in [5.41, 5.74) is 0. The molecular formula is C13H21NO2. The molecule has 0 aromatic carbocycles. The van der Waals surface area contributed by atoms with Crippen LogP contribution in [0.5, 0.6) is 0 Å². The Hall–Kier alpha value is -0.570. The SMILES string of the molecule is OC1CCCCC1C1=NC2CCCCC2O1. The molecule has 1 aliphatic heterocycles. The van der Waals surface area contributed by atoms with E-state index in [1.165, 1.54) is 25.7 Å². The van der Waals surface area contributed by atoms with Gasteiger partial charge >= 0.3 is 0 Å².